The molecule has 0 saturated carbocycles. The minimum Gasteiger partial charge on any atom is -0.380 e. The van der Waals surface area contributed by atoms with Crippen molar-refractivity contribution in [2.24, 2.45) is 0 Å². The van der Waals surface area contributed by atoms with E-state index in [2.05, 4.69) is 27.9 Å². The largest absolute Gasteiger partial charge is 0.380 e. The summed E-state index contributed by atoms with van der Waals surface area (Å²) >= 11 is 1.41. The summed E-state index contributed by atoms with van der Waals surface area (Å²) in [5.41, 5.74) is 0. The van der Waals surface area contributed by atoms with Crippen molar-refractivity contribution in [3.05, 3.63) is 0 Å². The molecule has 4 atom stereocenters. The summed E-state index contributed by atoms with van der Waals surface area (Å²) in [5.74, 6) is 0. The van der Waals surface area contributed by atoms with Crippen molar-refractivity contribution in [3.63, 3.8) is 0 Å². The minimum absolute atomic E-state index is 0.193. The fraction of sp³-hybridized carbons (Fsp3) is 1.00. The Hall–Kier alpha value is 0.340. The first-order chi connectivity index (χ1) is 14.5. The molecule has 0 aromatic rings. The van der Waals surface area contributed by atoms with E-state index in [0.717, 1.165) is 58.2 Å². The Morgan fingerprint density at radius 1 is 0.900 bits per heavy atom. The number of rotatable bonds is 12. The van der Waals surface area contributed by atoms with Crippen molar-refractivity contribution < 1.29 is 18.2 Å². The molecule has 0 aliphatic carbocycles. The van der Waals surface area contributed by atoms with Crippen LogP contribution in [-0.4, -0.2) is 90.6 Å². The molecule has 3 aliphatic rings. The molecule has 3 fully saturated rings. The summed E-state index contributed by atoms with van der Waals surface area (Å²) in [6, 6.07) is 0.656. The van der Waals surface area contributed by atoms with Crippen LogP contribution in [0.3, 0.4) is 0 Å². The Labute approximate surface area is 187 Å². The van der Waals surface area contributed by atoms with Crippen molar-refractivity contribution in [1.29, 1.82) is 0 Å². The van der Waals surface area contributed by atoms with Crippen molar-refractivity contribution in [2.45, 2.75) is 83.5 Å². The second-order valence-corrected chi connectivity index (χ2v) is 12.0. The quantitative estimate of drug-likeness (QED) is 0.315. The molecule has 0 aromatic heterocycles. The average molecular weight is 464 g/mol. The number of ether oxygens (including phenoxy) is 2. The minimum atomic E-state index is -2.92. The van der Waals surface area contributed by atoms with E-state index < -0.39 is 7.59 Å². The van der Waals surface area contributed by atoms with Crippen LogP contribution in [0.4, 0.5) is 0 Å². The van der Waals surface area contributed by atoms with Crippen LogP contribution in [0.25, 0.3) is 0 Å². The van der Waals surface area contributed by atoms with Gasteiger partial charge in [0.25, 0.3) is 7.59 Å². The third kappa shape index (κ3) is 5.63. The summed E-state index contributed by atoms with van der Waals surface area (Å²) in [4.78, 5) is 0. The van der Waals surface area contributed by atoms with Crippen LogP contribution >= 0.6 is 19.6 Å². The maximum Gasteiger partial charge on any atom is 0.287 e. The molecule has 9 heteroatoms. The van der Waals surface area contributed by atoms with E-state index in [4.69, 9.17) is 13.7 Å². The average Bonchev–Trinajstić information content (AvgIpc) is 3.49. The van der Waals surface area contributed by atoms with E-state index in [1.807, 2.05) is 13.2 Å². The Morgan fingerprint density at radius 3 is 1.87 bits per heavy atom. The van der Waals surface area contributed by atoms with Gasteiger partial charge in [-0.05, 0) is 71.3 Å². The highest BCUT2D eigenvalue weighted by molar-refractivity contribution is 7.93. The van der Waals surface area contributed by atoms with Gasteiger partial charge in [0.15, 0.2) is 0 Å². The lowest BCUT2D eigenvalue weighted by molar-refractivity contribution is 0.0473. The molecule has 176 valence electrons. The first kappa shape index (κ1) is 25.0. The molecule has 7 nitrogen and oxygen atoms in total. The van der Waals surface area contributed by atoms with Crippen molar-refractivity contribution in [2.75, 3.05) is 52.3 Å². The van der Waals surface area contributed by atoms with Crippen LogP contribution in [0.5, 0.6) is 0 Å². The first-order valence-electron chi connectivity index (χ1n) is 11.8. The molecular formula is C21H42N3O4PS. The van der Waals surface area contributed by atoms with Gasteiger partial charge in [-0.1, -0.05) is 0 Å². The molecule has 30 heavy (non-hydrogen) atoms. The van der Waals surface area contributed by atoms with Gasteiger partial charge >= 0.3 is 0 Å². The number of hydrogen-bond donors (Lipinski definition) is 0. The number of hydrogen-bond acceptors (Lipinski definition) is 5. The summed E-state index contributed by atoms with van der Waals surface area (Å²) < 4.78 is 39.8. The highest BCUT2D eigenvalue weighted by atomic mass is 32.2. The Morgan fingerprint density at radius 2 is 1.40 bits per heavy atom. The second kappa shape index (κ2) is 12.0. The second-order valence-electron chi connectivity index (χ2n) is 8.88. The van der Waals surface area contributed by atoms with E-state index in [1.165, 1.54) is 12.0 Å². The highest BCUT2D eigenvalue weighted by Gasteiger charge is 2.53. The molecule has 0 amide bonds. The van der Waals surface area contributed by atoms with Crippen LogP contribution in [0.1, 0.15) is 59.3 Å². The molecule has 0 spiro atoms. The van der Waals surface area contributed by atoms with Crippen LogP contribution in [-0.2, 0) is 18.2 Å². The lowest BCUT2D eigenvalue weighted by Crippen LogP contribution is -2.48. The third-order valence-electron chi connectivity index (χ3n) is 6.56. The zero-order valence-electron chi connectivity index (χ0n) is 19.3. The molecule has 0 N–H and O–H groups in total. The van der Waals surface area contributed by atoms with Crippen LogP contribution in [0, 0.1) is 0 Å². The Balaban J connectivity index is 1.89. The normalized spacial score (nSPS) is 31.2. The van der Waals surface area contributed by atoms with E-state index in [0.29, 0.717) is 26.4 Å². The fourth-order valence-electron chi connectivity index (χ4n) is 5.15. The first-order valence-corrected chi connectivity index (χ1v) is 14.5. The molecular weight excluding hydrogens is 421 g/mol. The van der Waals surface area contributed by atoms with Crippen LogP contribution in [0.15, 0.2) is 0 Å². The van der Waals surface area contributed by atoms with Gasteiger partial charge in [0.1, 0.15) is 0 Å². The molecule has 0 radical (unpaired) electrons. The molecule has 3 saturated heterocycles. The van der Waals surface area contributed by atoms with Crippen LogP contribution in [0.2, 0.25) is 0 Å². The predicted octanol–water partition coefficient (Wildman–Crippen LogP) is 4.24. The topological polar surface area (TPSA) is 54.5 Å². The van der Waals surface area contributed by atoms with Gasteiger partial charge in [-0.2, -0.15) is 0 Å². The maximum absolute atomic E-state index is 15.2. The van der Waals surface area contributed by atoms with E-state index in [-0.39, 0.29) is 24.2 Å². The lowest BCUT2D eigenvalue weighted by Gasteiger charge is -2.46. The lowest BCUT2D eigenvalue weighted by atomic mass is 10.2. The van der Waals surface area contributed by atoms with Gasteiger partial charge in [-0.3, -0.25) is 4.57 Å². The summed E-state index contributed by atoms with van der Waals surface area (Å²) in [6.45, 7) is 11.5. The van der Waals surface area contributed by atoms with Gasteiger partial charge in [0.2, 0.25) is 0 Å². The predicted molar refractivity (Wildman–Crippen MR) is 124 cm³/mol. The van der Waals surface area contributed by atoms with Gasteiger partial charge in [-0.25, -0.2) is 14.0 Å². The SMILES string of the molecule is CCOC[C@@H]1CCCN1P(=O)(N1CCC[C@H]1COSC)N1CCC[C@H]1COC(C)C. The molecule has 0 bridgehead atoms. The molecule has 0 aromatic carbocycles. The summed E-state index contributed by atoms with van der Waals surface area (Å²) in [6.07, 6.45) is 8.57. The number of nitrogens with zero attached hydrogens (tertiary/aromatic N) is 3. The van der Waals surface area contributed by atoms with Crippen molar-refractivity contribution in [1.82, 2.24) is 14.0 Å². The van der Waals surface area contributed by atoms with Crippen LogP contribution < -0.4 is 0 Å². The molecule has 3 aliphatic heterocycles. The molecule has 3 heterocycles. The summed E-state index contributed by atoms with van der Waals surface area (Å²) in [7, 11) is -2.92. The Kier molecular flexibility index (Phi) is 9.98. The maximum atomic E-state index is 15.2. The zero-order valence-corrected chi connectivity index (χ0v) is 21.0. The standard InChI is InChI=1S/C21H42N3O4PS/c1-5-26-15-19-9-6-12-22(19)29(25,24-14-8-11-21(24)17-28-30-4)23-13-7-10-20(23)16-27-18(2)3/h18-21H,5-17H2,1-4H3/t19-,20-,21-,29?/m0/s1. The Bertz CT molecular complexity index is 540. The fourth-order valence-corrected chi connectivity index (χ4v) is 9.35. The van der Waals surface area contributed by atoms with Gasteiger partial charge in [-0.15, -0.1) is 0 Å². The van der Waals surface area contributed by atoms with Gasteiger partial charge in [0, 0.05) is 50.6 Å². The van der Waals surface area contributed by atoms with Gasteiger partial charge in [0.05, 0.1) is 25.9 Å². The monoisotopic (exact) mass is 463 g/mol. The molecule has 3 rings (SSSR count). The smallest absolute Gasteiger partial charge is 0.287 e. The highest BCUT2D eigenvalue weighted by Crippen LogP contribution is 2.63. The van der Waals surface area contributed by atoms with Crippen molar-refractivity contribution >= 4 is 19.6 Å². The summed E-state index contributed by atoms with van der Waals surface area (Å²) in [5, 5.41) is 0. The van der Waals surface area contributed by atoms with E-state index >= 15 is 4.57 Å². The van der Waals surface area contributed by atoms with Crippen molar-refractivity contribution in [3.8, 4) is 0 Å². The van der Waals surface area contributed by atoms with E-state index in [9.17, 15) is 0 Å². The van der Waals surface area contributed by atoms with E-state index in [1.54, 1.807) is 0 Å². The molecule has 1 unspecified atom stereocenters. The third-order valence-corrected chi connectivity index (χ3v) is 10.5. The zero-order chi connectivity index (χ0) is 21.6. The van der Waals surface area contributed by atoms with Gasteiger partial charge < -0.3 is 13.7 Å².